The van der Waals surface area contributed by atoms with E-state index in [9.17, 15) is 0 Å². The highest BCUT2D eigenvalue weighted by atomic mass is 32.1. The molecule has 1 saturated carbocycles. The predicted molar refractivity (Wildman–Crippen MR) is 93.2 cm³/mol. The molecule has 23 heavy (non-hydrogen) atoms. The second-order valence-corrected chi connectivity index (χ2v) is 8.03. The minimum absolute atomic E-state index is 0.584. The largest absolute Gasteiger partial charge is 0.299 e. The summed E-state index contributed by atoms with van der Waals surface area (Å²) < 4.78 is 0. The molecule has 1 saturated heterocycles. The minimum atomic E-state index is 0.584. The molecule has 1 spiro atoms. The third kappa shape index (κ3) is 3.32. The number of hydrogen-bond acceptors (Lipinski definition) is 5. The van der Waals surface area contributed by atoms with Gasteiger partial charge in [-0.25, -0.2) is 4.98 Å². The van der Waals surface area contributed by atoms with Crippen molar-refractivity contribution >= 4 is 11.3 Å². The van der Waals surface area contributed by atoms with Gasteiger partial charge >= 0.3 is 0 Å². The van der Waals surface area contributed by atoms with E-state index < -0.39 is 0 Å². The first-order valence-electron chi connectivity index (χ1n) is 8.45. The first-order chi connectivity index (χ1) is 11.3. The zero-order chi connectivity index (χ0) is 15.7. The molecular formula is C18H24N4S. The van der Waals surface area contributed by atoms with Crippen molar-refractivity contribution in [3.63, 3.8) is 0 Å². The van der Waals surface area contributed by atoms with Crippen LogP contribution in [0.15, 0.2) is 36.1 Å². The van der Waals surface area contributed by atoms with Crippen molar-refractivity contribution in [3.8, 4) is 0 Å². The van der Waals surface area contributed by atoms with Gasteiger partial charge in [-0.15, -0.1) is 11.3 Å². The van der Waals surface area contributed by atoms with E-state index in [1.807, 2.05) is 18.6 Å². The van der Waals surface area contributed by atoms with Crippen molar-refractivity contribution in [2.45, 2.75) is 38.4 Å². The van der Waals surface area contributed by atoms with Crippen LogP contribution in [0.1, 0.15) is 29.8 Å². The van der Waals surface area contributed by atoms with Gasteiger partial charge in [-0.1, -0.05) is 0 Å². The molecular weight excluding hydrogens is 304 g/mol. The van der Waals surface area contributed by atoms with Crippen LogP contribution in [0.2, 0.25) is 0 Å². The number of piperidine rings is 1. The fourth-order valence-corrected chi connectivity index (χ4v) is 4.72. The Morgan fingerprint density at radius 2 is 2.04 bits per heavy atom. The fraction of sp³-hybridized carbons (Fsp3) is 0.556. The number of hydrogen-bond donors (Lipinski definition) is 0. The van der Waals surface area contributed by atoms with Crippen molar-refractivity contribution in [2.24, 2.45) is 5.41 Å². The lowest BCUT2D eigenvalue weighted by Crippen LogP contribution is -2.37. The van der Waals surface area contributed by atoms with Crippen LogP contribution in [0, 0.1) is 5.41 Å². The molecule has 0 aromatic carbocycles. The summed E-state index contributed by atoms with van der Waals surface area (Å²) in [6, 6.07) is 5.02. The Morgan fingerprint density at radius 1 is 1.26 bits per heavy atom. The summed E-state index contributed by atoms with van der Waals surface area (Å²) in [5.74, 6) is 0. The number of aromatic nitrogens is 2. The average molecular weight is 328 g/mol. The summed E-state index contributed by atoms with van der Waals surface area (Å²) in [6.45, 7) is 4.52. The van der Waals surface area contributed by atoms with Gasteiger partial charge in [-0.3, -0.25) is 14.8 Å². The number of thiazole rings is 1. The van der Waals surface area contributed by atoms with E-state index in [-0.39, 0.29) is 0 Å². The maximum absolute atomic E-state index is 4.42. The normalized spacial score (nSPS) is 23.5. The molecule has 3 heterocycles. The summed E-state index contributed by atoms with van der Waals surface area (Å²) in [5, 5.41) is 3.31. The van der Waals surface area contributed by atoms with Gasteiger partial charge in [-0.2, -0.15) is 0 Å². The summed E-state index contributed by atoms with van der Waals surface area (Å²) >= 11 is 1.77. The smallest absolute Gasteiger partial charge is 0.107 e. The van der Waals surface area contributed by atoms with Crippen LogP contribution in [-0.4, -0.2) is 45.9 Å². The van der Waals surface area contributed by atoms with Crippen molar-refractivity contribution < 1.29 is 0 Å². The SMILES string of the molecule is CN(Cc1nccs1)C1CC12CCN(Cc1ccncc1)CC2. The van der Waals surface area contributed by atoms with Gasteiger partial charge in [0.2, 0.25) is 0 Å². The zero-order valence-electron chi connectivity index (χ0n) is 13.7. The Morgan fingerprint density at radius 3 is 2.74 bits per heavy atom. The number of nitrogens with zero attached hydrogens (tertiary/aromatic N) is 4. The molecule has 0 amide bonds. The van der Waals surface area contributed by atoms with Crippen LogP contribution in [-0.2, 0) is 13.1 Å². The van der Waals surface area contributed by atoms with Gasteiger partial charge < -0.3 is 0 Å². The van der Waals surface area contributed by atoms with E-state index in [4.69, 9.17) is 0 Å². The Labute approximate surface area is 142 Å². The molecule has 0 radical (unpaired) electrons. The Kier molecular flexibility index (Phi) is 4.18. The van der Waals surface area contributed by atoms with Crippen LogP contribution in [0.5, 0.6) is 0 Å². The summed E-state index contributed by atoms with van der Waals surface area (Å²) in [5.41, 5.74) is 1.96. The molecule has 122 valence electrons. The molecule has 0 bridgehead atoms. The van der Waals surface area contributed by atoms with E-state index in [1.165, 1.54) is 42.9 Å². The molecule has 2 aliphatic rings. The van der Waals surface area contributed by atoms with E-state index in [0.29, 0.717) is 5.41 Å². The van der Waals surface area contributed by atoms with Crippen LogP contribution >= 0.6 is 11.3 Å². The molecule has 1 atom stereocenters. The monoisotopic (exact) mass is 328 g/mol. The third-order valence-electron chi connectivity index (χ3n) is 5.55. The molecule has 1 unspecified atom stereocenters. The molecule has 2 fully saturated rings. The molecule has 2 aromatic rings. The van der Waals surface area contributed by atoms with Crippen molar-refractivity contribution in [1.29, 1.82) is 0 Å². The Balaban J connectivity index is 1.28. The molecule has 1 aliphatic heterocycles. The van der Waals surface area contributed by atoms with E-state index in [0.717, 1.165) is 19.1 Å². The van der Waals surface area contributed by atoms with Gasteiger partial charge in [-0.05, 0) is 62.5 Å². The first kappa shape index (κ1) is 15.2. The van der Waals surface area contributed by atoms with Gasteiger partial charge in [0.25, 0.3) is 0 Å². The van der Waals surface area contributed by atoms with Crippen molar-refractivity contribution in [3.05, 3.63) is 46.7 Å². The summed E-state index contributed by atoms with van der Waals surface area (Å²) in [4.78, 5) is 13.6. The maximum atomic E-state index is 4.42. The molecule has 0 N–H and O–H groups in total. The first-order valence-corrected chi connectivity index (χ1v) is 9.33. The van der Waals surface area contributed by atoms with Crippen molar-refractivity contribution in [2.75, 3.05) is 20.1 Å². The van der Waals surface area contributed by atoms with Crippen LogP contribution in [0.4, 0.5) is 0 Å². The molecule has 5 heteroatoms. The lowest BCUT2D eigenvalue weighted by atomic mass is 9.92. The quantitative estimate of drug-likeness (QED) is 0.844. The number of pyridine rings is 1. The molecule has 2 aromatic heterocycles. The number of likely N-dealkylation sites (tertiary alicyclic amines) is 1. The second kappa shape index (κ2) is 6.30. The predicted octanol–water partition coefficient (Wildman–Crippen LogP) is 3.02. The topological polar surface area (TPSA) is 32.3 Å². The van der Waals surface area contributed by atoms with Crippen LogP contribution < -0.4 is 0 Å². The lowest BCUT2D eigenvalue weighted by molar-refractivity contribution is 0.139. The fourth-order valence-electron chi connectivity index (χ4n) is 4.04. The second-order valence-electron chi connectivity index (χ2n) is 7.05. The Hall–Kier alpha value is -1.30. The lowest BCUT2D eigenvalue weighted by Gasteiger charge is -2.34. The molecule has 4 nitrogen and oxygen atoms in total. The van der Waals surface area contributed by atoms with E-state index >= 15 is 0 Å². The van der Waals surface area contributed by atoms with E-state index in [1.54, 1.807) is 11.3 Å². The maximum Gasteiger partial charge on any atom is 0.107 e. The Bertz CT molecular complexity index is 620. The minimum Gasteiger partial charge on any atom is -0.299 e. The number of rotatable bonds is 5. The van der Waals surface area contributed by atoms with Crippen LogP contribution in [0.3, 0.4) is 0 Å². The van der Waals surface area contributed by atoms with Crippen molar-refractivity contribution in [1.82, 2.24) is 19.8 Å². The van der Waals surface area contributed by atoms with Gasteiger partial charge in [0.05, 0.1) is 6.54 Å². The third-order valence-corrected chi connectivity index (χ3v) is 6.32. The van der Waals surface area contributed by atoms with Gasteiger partial charge in [0, 0.05) is 36.6 Å². The average Bonchev–Trinajstić information content (AvgIpc) is 3.02. The zero-order valence-corrected chi connectivity index (χ0v) is 14.5. The summed E-state index contributed by atoms with van der Waals surface area (Å²) in [6.07, 6.45) is 9.75. The molecule has 4 rings (SSSR count). The standard InChI is InChI=1S/C18H24N4S/c1-21(14-17-20-8-11-23-17)16-12-18(16)4-9-22(10-5-18)13-15-2-6-19-7-3-15/h2-3,6-8,11,16H,4-5,9-10,12-14H2,1H3. The van der Waals surface area contributed by atoms with Gasteiger partial charge in [0.15, 0.2) is 0 Å². The molecule has 1 aliphatic carbocycles. The highest BCUT2D eigenvalue weighted by molar-refractivity contribution is 7.09. The van der Waals surface area contributed by atoms with Gasteiger partial charge in [0.1, 0.15) is 5.01 Å². The highest BCUT2D eigenvalue weighted by Crippen LogP contribution is 2.56. The highest BCUT2D eigenvalue weighted by Gasteiger charge is 2.56. The summed E-state index contributed by atoms with van der Waals surface area (Å²) in [7, 11) is 2.27. The van der Waals surface area contributed by atoms with Crippen LogP contribution in [0.25, 0.3) is 0 Å². The van der Waals surface area contributed by atoms with E-state index in [2.05, 4.69) is 44.3 Å².